The van der Waals surface area contributed by atoms with E-state index in [1.165, 1.54) is 0 Å². The van der Waals surface area contributed by atoms with Gasteiger partial charge in [0.25, 0.3) is 0 Å². The Kier molecular flexibility index (Phi) is 2.56. The van der Waals surface area contributed by atoms with E-state index in [2.05, 4.69) is 4.98 Å². The van der Waals surface area contributed by atoms with Crippen molar-refractivity contribution in [3.63, 3.8) is 0 Å². The fourth-order valence-electron chi connectivity index (χ4n) is 2.26. The number of aromatic nitrogens is 2. The van der Waals surface area contributed by atoms with E-state index in [0.717, 1.165) is 11.3 Å². The average molecular weight is 252 g/mol. The molecule has 0 bridgehead atoms. The molecule has 0 saturated heterocycles. The molecule has 1 N–H and O–H groups in total. The Bertz CT molecular complexity index is 775. The Balaban J connectivity index is 2.37. The number of carbonyl (C=O) groups is 1. The second-order valence-corrected chi connectivity index (χ2v) is 4.38. The Morgan fingerprint density at radius 3 is 2.68 bits per heavy atom. The molecule has 4 nitrogen and oxygen atoms in total. The monoisotopic (exact) mass is 252 g/mol. The zero-order valence-electron chi connectivity index (χ0n) is 10.4. The molecule has 0 aliphatic heterocycles. The molecule has 0 unspecified atom stereocenters. The number of nitrogens with zero attached hydrogens (tertiary/aromatic N) is 2. The molecule has 0 aliphatic carbocycles. The molecule has 0 atom stereocenters. The Morgan fingerprint density at radius 1 is 1.16 bits per heavy atom. The number of aryl methyl sites for hydroxylation is 1. The van der Waals surface area contributed by atoms with Gasteiger partial charge in [-0.05, 0) is 30.7 Å². The van der Waals surface area contributed by atoms with E-state index in [9.17, 15) is 9.90 Å². The third-order valence-electron chi connectivity index (χ3n) is 3.17. The van der Waals surface area contributed by atoms with E-state index < -0.39 is 5.97 Å². The van der Waals surface area contributed by atoms with Gasteiger partial charge in [-0.1, -0.05) is 24.3 Å². The summed E-state index contributed by atoms with van der Waals surface area (Å²) in [5.74, 6) is -0.944. The number of carboxylic acid groups (broad SMARTS) is 1. The molecular formula is C15H12N2O2. The summed E-state index contributed by atoms with van der Waals surface area (Å²) >= 11 is 0. The van der Waals surface area contributed by atoms with Gasteiger partial charge in [-0.3, -0.25) is 4.57 Å². The first-order valence-corrected chi connectivity index (χ1v) is 5.94. The molecule has 94 valence electrons. The summed E-state index contributed by atoms with van der Waals surface area (Å²) in [6.45, 7) is 1.99. The predicted octanol–water partition coefficient (Wildman–Crippen LogP) is 3.03. The highest BCUT2D eigenvalue weighted by Crippen LogP contribution is 2.23. The maximum Gasteiger partial charge on any atom is 0.337 e. The van der Waals surface area contributed by atoms with Crippen LogP contribution < -0.4 is 0 Å². The van der Waals surface area contributed by atoms with Gasteiger partial charge in [0, 0.05) is 0 Å². The van der Waals surface area contributed by atoms with Gasteiger partial charge in [-0.2, -0.15) is 0 Å². The van der Waals surface area contributed by atoms with Crippen LogP contribution in [0.4, 0.5) is 0 Å². The van der Waals surface area contributed by atoms with E-state index in [-0.39, 0.29) is 5.56 Å². The van der Waals surface area contributed by atoms with Crippen molar-refractivity contribution in [2.75, 3.05) is 0 Å². The molecule has 1 aromatic heterocycles. The third-order valence-corrected chi connectivity index (χ3v) is 3.17. The fraction of sp³-hybridized carbons (Fsp3) is 0.0667. The number of benzene rings is 2. The lowest BCUT2D eigenvalue weighted by atomic mass is 10.1. The van der Waals surface area contributed by atoms with Crippen molar-refractivity contribution in [2.24, 2.45) is 0 Å². The summed E-state index contributed by atoms with van der Waals surface area (Å²) in [5.41, 5.74) is 3.59. The molecule has 2 aromatic carbocycles. The molecule has 1 heterocycles. The summed E-state index contributed by atoms with van der Waals surface area (Å²) in [7, 11) is 0. The van der Waals surface area contributed by atoms with E-state index in [0.29, 0.717) is 11.0 Å². The zero-order chi connectivity index (χ0) is 13.4. The topological polar surface area (TPSA) is 55.1 Å². The molecule has 0 saturated carbocycles. The molecule has 0 amide bonds. The molecule has 0 radical (unpaired) electrons. The number of rotatable bonds is 2. The number of hydrogen-bond donors (Lipinski definition) is 1. The van der Waals surface area contributed by atoms with Gasteiger partial charge in [0.15, 0.2) is 0 Å². The van der Waals surface area contributed by atoms with Gasteiger partial charge in [0.05, 0.1) is 22.3 Å². The van der Waals surface area contributed by atoms with Crippen LogP contribution in [-0.2, 0) is 0 Å². The van der Waals surface area contributed by atoms with Gasteiger partial charge in [0.2, 0.25) is 0 Å². The van der Waals surface area contributed by atoms with Crippen LogP contribution in [0.15, 0.2) is 48.8 Å². The van der Waals surface area contributed by atoms with Gasteiger partial charge < -0.3 is 5.11 Å². The largest absolute Gasteiger partial charge is 0.478 e. The van der Waals surface area contributed by atoms with Crippen molar-refractivity contribution in [1.29, 1.82) is 0 Å². The average Bonchev–Trinajstić information content (AvgIpc) is 2.82. The van der Waals surface area contributed by atoms with Crippen LogP contribution in [0.2, 0.25) is 0 Å². The third kappa shape index (κ3) is 1.78. The molecule has 0 aliphatic rings. The van der Waals surface area contributed by atoms with E-state index >= 15 is 0 Å². The minimum absolute atomic E-state index is 0.262. The maximum absolute atomic E-state index is 11.3. The summed E-state index contributed by atoms with van der Waals surface area (Å²) < 4.78 is 1.83. The van der Waals surface area contributed by atoms with Crippen LogP contribution in [0.25, 0.3) is 16.7 Å². The van der Waals surface area contributed by atoms with Crippen LogP contribution in [0.3, 0.4) is 0 Å². The van der Waals surface area contributed by atoms with Crippen LogP contribution in [0, 0.1) is 6.92 Å². The summed E-state index contributed by atoms with van der Waals surface area (Å²) in [4.78, 5) is 15.6. The van der Waals surface area contributed by atoms with Crippen molar-refractivity contribution >= 4 is 17.0 Å². The number of aromatic carboxylic acids is 1. The Hall–Kier alpha value is -2.62. The summed E-state index contributed by atoms with van der Waals surface area (Å²) in [6.07, 6.45) is 1.67. The Labute approximate surface area is 109 Å². The normalized spacial score (nSPS) is 10.8. The quantitative estimate of drug-likeness (QED) is 0.762. The highest BCUT2D eigenvalue weighted by molar-refractivity contribution is 6.01. The Morgan fingerprint density at radius 2 is 1.95 bits per heavy atom. The number of fused-ring (bicyclic) bond motifs is 1. The molecule has 4 heteroatoms. The maximum atomic E-state index is 11.3. The summed E-state index contributed by atoms with van der Waals surface area (Å²) in [6, 6.07) is 13.0. The smallest absolute Gasteiger partial charge is 0.337 e. The van der Waals surface area contributed by atoms with E-state index in [4.69, 9.17) is 0 Å². The SMILES string of the molecule is Cc1ccccc1-n1cnc2cccc(C(=O)O)c21. The molecule has 3 rings (SSSR count). The second-order valence-electron chi connectivity index (χ2n) is 4.38. The molecule has 0 spiro atoms. The first-order chi connectivity index (χ1) is 9.18. The molecule has 0 fully saturated rings. The van der Waals surface area contributed by atoms with Crippen LogP contribution in [0.1, 0.15) is 15.9 Å². The minimum Gasteiger partial charge on any atom is -0.478 e. The summed E-state index contributed by atoms with van der Waals surface area (Å²) in [5, 5.41) is 9.30. The van der Waals surface area contributed by atoms with Crippen molar-refractivity contribution < 1.29 is 9.90 Å². The highest BCUT2D eigenvalue weighted by atomic mass is 16.4. The zero-order valence-corrected chi connectivity index (χ0v) is 10.4. The van der Waals surface area contributed by atoms with Crippen molar-refractivity contribution in [3.8, 4) is 5.69 Å². The number of imidazole rings is 1. The first kappa shape index (κ1) is 11.5. The molecule has 19 heavy (non-hydrogen) atoms. The highest BCUT2D eigenvalue weighted by Gasteiger charge is 2.14. The van der Waals surface area contributed by atoms with E-state index in [1.807, 2.05) is 41.8 Å². The van der Waals surface area contributed by atoms with Gasteiger partial charge in [0.1, 0.15) is 6.33 Å². The number of hydrogen-bond acceptors (Lipinski definition) is 2. The first-order valence-electron chi connectivity index (χ1n) is 5.94. The van der Waals surface area contributed by atoms with Gasteiger partial charge in [-0.15, -0.1) is 0 Å². The second kappa shape index (κ2) is 4.24. The van der Waals surface area contributed by atoms with Crippen molar-refractivity contribution in [2.45, 2.75) is 6.92 Å². The number of para-hydroxylation sites is 2. The van der Waals surface area contributed by atoms with Crippen LogP contribution in [0.5, 0.6) is 0 Å². The fourth-order valence-corrected chi connectivity index (χ4v) is 2.26. The lowest BCUT2D eigenvalue weighted by Gasteiger charge is -2.09. The lowest BCUT2D eigenvalue weighted by Crippen LogP contribution is -2.02. The molecule has 3 aromatic rings. The lowest BCUT2D eigenvalue weighted by molar-refractivity contribution is 0.0698. The minimum atomic E-state index is -0.944. The standard InChI is InChI=1S/C15H12N2O2/c1-10-5-2-3-8-13(10)17-9-16-12-7-4-6-11(14(12)17)15(18)19/h2-9H,1H3,(H,18,19). The van der Waals surface area contributed by atoms with Crippen LogP contribution >= 0.6 is 0 Å². The van der Waals surface area contributed by atoms with Gasteiger partial charge in [-0.25, -0.2) is 9.78 Å². The van der Waals surface area contributed by atoms with Crippen LogP contribution in [-0.4, -0.2) is 20.6 Å². The predicted molar refractivity (Wildman–Crippen MR) is 72.8 cm³/mol. The van der Waals surface area contributed by atoms with E-state index in [1.54, 1.807) is 18.5 Å². The van der Waals surface area contributed by atoms with Gasteiger partial charge >= 0.3 is 5.97 Å². The van der Waals surface area contributed by atoms with Crippen molar-refractivity contribution in [3.05, 3.63) is 59.9 Å². The number of carboxylic acids is 1. The molecular weight excluding hydrogens is 240 g/mol. The van der Waals surface area contributed by atoms with Crippen molar-refractivity contribution in [1.82, 2.24) is 9.55 Å².